The lowest BCUT2D eigenvalue weighted by Gasteiger charge is -2.42. The topological polar surface area (TPSA) is 87.7 Å². The largest absolute Gasteiger partial charge is 0.444 e. The van der Waals surface area contributed by atoms with Crippen molar-refractivity contribution in [3.8, 4) is 0 Å². The van der Waals surface area contributed by atoms with Crippen LogP contribution in [0.25, 0.3) is 0 Å². The van der Waals surface area contributed by atoms with Crippen LogP contribution in [-0.4, -0.2) is 47.5 Å². The van der Waals surface area contributed by atoms with Crippen molar-refractivity contribution in [2.45, 2.75) is 90.8 Å². The van der Waals surface area contributed by atoms with Crippen LogP contribution in [0.1, 0.15) is 83.9 Å². The molecule has 1 aromatic carbocycles. The molecule has 7 heteroatoms. The standard InChI is InChI=1S/C25H39N3O4/c1-6-8-16-26-23(30)22(19-14-12-18(7-2)13-15-19)28(20-10-9-11-20)21(29)17-27-24(31)32-25(3,4)5/h12-15,20,22H,6-11,16-17H2,1-5H3,(H,26,30)(H,27,31). The zero-order valence-electron chi connectivity index (χ0n) is 20.2. The Morgan fingerprint density at radius 3 is 2.25 bits per heavy atom. The average molecular weight is 446 g/mol. The van der Waals surface area contributed by atoms with Gasteiger partial charge in [-0.25, -0.2) is 4.79 Å². The summed E-state index contributed by atoms with van der Waals surface area (Å²) in [5.74, 6) is -0.462. The molecule has 1 atom stereocenters. The molecule has 0 saturated heterocycles. The van der Waals surface area contributed by atoms with Crippen LogP contribution in [0.2, 0.25) is 0 Å². The Kier molecular flexibility index (Phi) is 9.54. The molecule has 178 valence electrons. The number of aryl methyl sites for hydroxylation is 1. The summed E-state index contributed by atoms with van der Waals surface area (Å²) in [4.78, 5) is 40.3. The fraction of sp³-hybridized carbons (Fsp3) is 0.640. The summed E-state index contributed by atoms with van der Waals surface area (Å²) in [7, 11) is 0. The van der Waals surface area contributed by atoms with E-state index in [1.807, 2.05) is 24.3 Å². The van der Waals surface area contributed by atoms with E-state index in [4.69, 9.17) is 4.74 Å². The summed E-state index contributed by atoms with van der Waals surface area (Å²) >= 11 is 0. The number of hydrogen-bond acceptors (Lipinski definition) is 4. The second-order valence-electron chi connectivity index (χ2n) is 9.38. The minimum atomic E-state index is -0.726. The van der Waals surface area contributed by atoms with Gasteiger partial charge in [-0.05, 0) is 64.0 Å². The van der Waals surface area contributed by atoms with Gasteiger partial charge >= 0.3 is 6.09 Å². The highest BCUT2D eigenvalue weighted by Gasteiger charge is 2.38. The summed E-state index contributed by atoms with van der Waals surface area (Å²) in [6, 6.07) is 7.13. The van der Waals surface area contributed by atoms with Crippen molar-refractivity contribution in [1.29, 1.82) is 0 Å². The Balaban J connectivity index is 2.25. The number of amides is 3. The fourth-order valence-corrected chi connectivity index (χ4v) is 3.64. The van der Waals surface area contributed by atoms with Crippen LogP contribution in [0.5, 0.6) is 0 Å². The molecule has 1 fully saturated rings. The van der Waals surface area contributed by atoms with Crippen LogP contribution in [0.15, 0.2) is 24.3 Å². The molecule has 0 aliphatic heterocycles. The van der Waals surface area contributed by atoms with E-state index in [0.717, 1.165) is 44.1 Å². The van der Waals surface area contributed by atoms with E-state index in [0.29, 0.717) is 6.54 Å². The molecular formula is C25H39N3O4. The number of rotatable bonds is 10. The van der Waals surface area contributed by atoms with Crippen LogP contribution < -0.4 is 10.6 Å². The summed E-state index contributed by atoms with van der Waals surface area (Å²) in [5.41, 5.74) is 1.31. The first-order valence-electron chi connectivity index (χ1n) is 11.8. The quantitative estimate of drug-likeness (QED) is 0.531. The van der Waals surface area contributed by atoms with Crippen molar-refractivity contribution < 1.29 is 19.1 Å². The SMILES string of the molecule is CCCCNC(=O)C(c1ccc(CC)cc1)N(C(=O)CNC(=O)OC(C)(C)C)C1CCC1. The molecule has 2 N–H and O–H groups in total. The molecule has 3 amide bonds. The van der Waals surface area contributed by atoms with Gasteiger partial charge < -0.3 is 20.3 Å². The molecule has 1 aromatic rings. The molecule has 0 radical (unpaired) electrons. The van der Waals surface area contributed by atoms with Gasteiger partial charge in [-0.1, -0.05) is 44.5 Å². The first-order valence-corrected chi connectivity index (χ1v) is 11.8. The number of carbonyl (C=O) groups excluding carboxylic acids is 3. The number of hydrogen-bond donors (Lipinski definition) is 2. The van der Waals surface area contributed by atoms with Crippen LogP contribution in [0.3, 0.4) is 0 Å². The van der Waals surface area contributed by atoms with Gasteiger partial charge in [0.25, 0.3) is 0 Å². The monoisotopic (exact) mass is 445 g/mol. The lowest BCUT2D eigenvalue weighted by Crippen LogP contribution is -2.53. The van der Waals surface area contributed by atoms with Gasteiger partial charge in [-0.3, -0.25) is 9.59 Å². The molecule has 0 heterocycles. The highest BCUT2D eigenvalue weighted by Crippen LogP contribution is 2.33. The molecular weight excluding hydrogens is 406 g/mol. The van der Waals surface area contributed by atoms with Gasteiger partial charge in [0.1, 0.15) is 18.2 Å². The second-order valence-corrected chi connectivity index (χ2v) is 9.38. The predicted octanol–water partition coefficient (Wildman–Crippen LogP) is 4.11. The molecule has 1 saturated carbocycles. The molecule has 0 aromatic heterocycles. The van der Waals surface area contributed by atoms with Crippen molar-refractivity contribution in [1.82, 2.24) is 15.5 Å². The highest BCUT2D eigenvalue weighted by molar-refractivity contribution is 5.90. The van der Waals surface area contributed by atoms with Gasteiger partial charge in [0.15, 0.2) is 0 Å². The summed E-state index contributed by atoms with van der Waals surface area (Å²) < 4.78 is 5.25. The van der Waals surface area contributed by atoms with Gasteiger partial charge in [0.05, 0.1) is 0 Å². The first kappa shape index (κ1) is 25.7. The summed E-state index contributed by atoms with van der Waals surface area (Å²) in [5, 5.41) is 5.55. The maximum Gasteiger partial charge on any atom is 0.408 e. The molecule has 1 aliphatic rings. The highest BCUT2D eigenvalue weighted by atomic mass is 16.6. The minimum Gasteiger partial charge on any atom is -0.444 e. The number of benzene rings is 1. The zero-order chi connectivity index (χ0) is 23.7. The van der Waals surface area contributed by atoms with E-state index in [1.165, 1.54) is 5.56 Å². The van der Waals surface area contributed by atoms with Crippen LogP contribution in [0, 0.1) is 0 Å². The number of carbonyl (C=O) groups is 3. The van der Waals surface area contributed by atoms with Gasteiger partial charge in [0.2, 0.25) is 11.8 Å². The van der Waals surface area contributed by atoms with Crippen molar-refractivity contribution in [3.63, 3.8) is 0 Å². The first-order chi connectivity index (χ1) is 15.2. The Bertz CT molecular complexity index is 766. The van der Waals surface area contributed by atoms with Gasteiger partial charge in [-0.2, -0.15) is 0 Å². The zero-order valence-corrected chi connectivity index (χ0v) is 20.2. The number of nitrogens with zero attached hydrogens (tertiary/aromatic N) is 1. The maximum atomic E-state index is 13.3. The molecule has 32 heavy (non-hydrogen) atoms. The number of nitrogens with one attached hydrogen (secondary N) is 2. The molecule has 2 rings (SSSR count). The van der Waals surface area contributed by atoms with Crippen molar-refractivity contribution >= 4 is 17.9 Å². The van der Waals surface area contributed by atoms with Crippen LogP contribution >= 0.6 is 0 Å². The van der Waals surface area contributed by atoms with Crippen LogP contribution in [0.4, 0.5) is 4.79 Å². The van der Waals surface area contributed by atoms with E-state index >= 15 is 0 Å². The lowest BCUT2D eigenvalue weighted by atomic mass is 9.88. The number of unbranched alkanes of at least 4 members (excludes halogenated alkanes) is 1. The third-order valence-electron chi connectivity index (χ3n) is 5.60. The van der Waals surface area contributed by atoms with Crippen molar-refractivity contribution in [2.75, 3.05) is 13.1 Å². The Morgan fingerprint density at radius 2 is 1.75 bits per heavy atom. The van der Waals surface area contributed by atoms with E-state index in [1.54, 1.807) is 25.7 Å². The average Bonchev–Trinajstić information content (AvgIpc) is 2.69. The van der Waals surface area contributed by atoms with E-state index in [9.17, 15) is 14.4 Å². The lowest BCUT2D eigenvalue weighted by molar-refractivity contribution is -0.145. The molecule has 1 unspecified atom stereocenters. The summed E-state index contributed by atoms with van der Waals surface area (Å²) in [6.07, 6.45) is 4.83. The maximum absolute atomic E-state index is 13.3. The minimum absolute atomic E-state index is 0.0179. The number of alkyl carbamates (subject to hydrolysis) is 1. The normalized spacial score (nSPS) is 14.8. The fourth-order valence-electron chi connectivity index (χ4n) is 3.64. The van der Waals surface area contributed by atoms with E-state index in [-0.39, 0.29) is 24.4 Å². The molecule has 0 bridgehead atoms. The second kappa shape index (κ2) is 11.9. The van der Waals surface area contributed by atoms with Crippen molar-refractivity contribution in [2.24, 2.45) is 0 Å². The predicted molar refractivity (Wildman–Crippen MR) is 125 cm³/mol. The van der Waals surface area contributed by atoms with Gasteiger partial charge in [0, 0.05) is 12.6 Å². The molecule has 0 spiro atoms. The molecule has 1 aliphatic carbocycles. The van der Waals surface area contributed by atoms with Crippen molar-refractivity contribution in [3.05, 3.63) is 35.4 Å². The Morgan fingerprint density at radius 1 is 1.09 bits per heavy atom. The third kappa shape index (κ3) is 7.53. The van der Waals surface area contributed by atoms with E-state index < -0.39 is 17.7 Å². The smallest absolute Gasteiger partial charge is 0.408 e. The van der Waals surface area contributed by atoms with Crippen LogP contribution in [-0.2, 0) is 20.7 Å². The molecule has 7 nitrogen and oxygen atoms in total. The van der Waals surface area contributed by atoms with Gasteiger partial charge in [-0.15, -0.1) is 0 Å². The Labute approximate surface area is 192 Å². The third-order valence-corrected chi connectivity index (χ3v) is 5.60. The number of ether oxygens (including phenoxy) is 1. The summed E-state index contributed by atoms with van der Waals surface area (Å²) in [6.45, 7) is 9.82. The Hall–Kier alpha value is -2.57. The van der Waals surface area contributed by atoms with E-state index in [2.05, 4.69) is 24.5 Å².